The van der Waals surface area contributed by atoms with Crippen molar-refractivity contribution in [2.75, 3.05) is 26.9 Å². The largest absolute Gasteiger partial charge is 0.492 e. The Hall–Kier alpha value is -2.91. The number of hydrogen-bond donors (Lipinski definition) is 3. The second-order valence-electron chi connectivity index (χ2n) is 14.3. The lowest BCUT2D eigenvalue weighted by Gasteiger charge is -2.50. The van der Waals surface area contributed by atoms with Crippen LogP contribution in [0.25, 0.3) is 0 Å². The van der Waals surface area contributed by atoms with Gasteiger partial charge in [-0.25, -0.2) is 4.79 Å². The Morgan fingerprint density at radius 3 is 2.59 bits per heavy atom. The molecule has 1 aromatic rings. The minimum absolute atomic E-state index is 0.0204. The Balaban J connectivity index is 1.22. The molecular weight excluding hydrogens is 582 g/mol. The average molecular weight is 632 g/mol. The van der Waals surface area contributed by atoms with Gasteiger partial charge in [-0.2, -0.15) is 0 Å². The number of methoxy groups -OCH3 is 1. The van der Waals surface area contributed by atoms with Crippen LogP contribution in [-0.2, 0) is 25.4 Å². The summed E-state index contributed by atoms with van der Waals surface area (Å²) in [6.07, 6.45) is 17.3. The third kappa shape index (κ3) is 5.87. The molecule has 2 aliphatic carbocycles. The van der Waals surface area contributed by atoms with Crippen LogP contribution in [0.1, 0.15) is 63.4 Å². The molecule has 0 aromatic heterocycles. The number of carbonyl (C=O) groups excluding carboxylic acids is 1. The number of piperidine rings is 1. The van der Waals surface area contributed by atoms with Crippen molar-refractivity contribution in [1.82, 2.24) is 4.90 Å². The number of nitrogens with zero attached hydrogens (tertiary/aromatic N) is 1. The fourth-order valence-corrected chi connectivity index (χ4v) is 9.71. The Kier molecular flexibility index (Phi) is 9.42. The molecule has 8 nitrogen and oxygen atoms in total. The normalized spacial score (nSPS) is 35.7. The molecule has 8 atom stereocenters. The molecule has 0 spiro atoms. The molecule has 7 rings (SSSR count). The summed E-state index contributed by atoms with van der Waals surface area (Å²) in [6.45, 7) is 0.107. The summed E-state index contributed by atoms with van der Waals surface area (Å²) in [4.78, 5) is 15.1. The number of hydrogen-bond acceptors (Lipinski definition) is 8. The van der Waals surface area contributed by atoms with Crippen LogP contribution in [0.5, 0.6) is 0 Å². The molecule has 46 heavy (non-hydrogen) atoms. The first-order chi connectivity index (χ1) is 22.5. The van der Waals surface area contributed by atoms with Gasteiger partial charge in [0, 0.05) is 30.5 Å². The SMILES string of the molecule is COC1=C(CO)C(=O)OC1=C1OC2=CCCN3C(C(O)C4C=CCC(C5CCCC5)C4)CC(Cc4ccccc4)CC3C2C1CO. The number of allylic oxidation sites excluding steroid dienone is 1. The Labute approximate surface area is 272 Å². The van der Waals surface area contributed by atoms with E-state index in [9.17, 15) is 20.1 Å². The van der Waals surface area contributed by atoms with Crippen LogP contribution in [0.3, 0.4) is 0 Å². The van der Waals surface area contributed by atoms with Crippen LogP contribution >= 0.6 is 0 Å². The summed E-state index contributed by atoms with van der Waals surface area (Å²) in [5, 5.41) is 33.1. The highest BCUT2D eigenvalue weighted by Crippen LogP contribution is 2.51. The Morgan fingerprint density at radius 1 is 1.04 bits per heavy atom. The van der Waals surface area contributed by atoms with Crippen LogP contribution in [0, 0.1) is 35.5 Å². The van der Waals surface area contributed by atoms with Gasteiger partial charge in [0.2, 0.25) is 5.76 Å². The molecule has 0 radical (unpaired) electrons. The third-order valence-corrected chi connectivity index (χ3v) is 11.8. The van der Waals surface area contributed by atoms with Crippen LogP contribution in [0.2, 0.25) is 0 Å². The highest BCUT2D eigenvalue weighted by Gasteiger charge is 2.53. The van der Waals surface area contributed by atoms with Gasteiger partial charge in [0.05, 0.1) is 32.3 Å². The Bertz CT molecular complexity index is 1390. The summed E-state index contributed by atoms with van der Waals surface area (Å²) in [7, 11) is 1.44. The number of aliphatic hydroxyl groups excluding tert-OH is 3. The topological polar surface area (TPSA) is 109 Å². The van der Waals surface area contributed by atoms with E-state index in [2.05, 4.69) is 53.5 Å². The summed E-state index contributed by atoms with van der Waals surface area (Å²) in [5.74, 6) is 2.09. The van der Waals surface area contributed by atoms with Crippen LogP contribution < -0.4 is 0 Å². The van der Waals surface area contributed by atoms with Crippen molar-refractivity contribution >= 4 is 5.97 Å². The van der Waals surface area contributed by atoms with Crippen LogP contribution in [0.4, 0.5) is 0 Å². The highest BCUT2D eigenvalue weighted by atomic mass is 16.6. The summed E-state index contributed by atoms with van der Waals surface area (Å²) >= 11 is 0. The maximum Gasteiger partial charge on any atom is 0.345 e. The quantitative estimate of drug-likeness (QED) is 0.271. The smallest absolute Gasteiger partial charge is 0.345 e. The molecule has 4 heterocycles. The van der Waals surface area contributed by atoms with Gasteiger partial charge in [-0.1, -0.05) is 68.2 Å². The molecule has 2 saturated heterocycles. The maximum atomic E-state index is 12.6. The molecule has 8 unspecified atom stereocenters. The van der Waals surface area contributed by atoms with Gasteiger partial charge in [0.15, 0.2) is 11.5 Å². The number of carbonyl (C=O) groups is 1. The van der Waals surface area contributed by atoms with Gasteiger partial charge < -0.3 is 29.5 Å². The van der Waals surface area contributed by atoms with Crippen LogP contribution in [0.15, 0.2) is 77.2 Å². The summed E-state index contributed by atoms with van der Waals surface area (Å²) in [5.41, 5.74) is 1.35. The fraction of sp³-hybridized carbons (Fsp3) is 0.605. The molecule has 8 heteroatoms. The van der Waals surface area contributed by atoms with E-state index < -0.39 is 24.6 Å². The molecule has 0 amide bonds. The predicted octanol–water partition coefficient (Wildman–Crippen LogP) is 5.02. The van der Waals surface area contributed by atoms with Crippen molar-refractivity contribution in [3.63, 3.8) is 0 Å². The number of esters is 1. The Morgan fingerprint density at radius 2 is 1.85 bits per heavy atom. The second kappa shape index (κ2) is 13.7. The number of aliphatic hydroxyl groups is 3. The molecule has 6 aliphatic rings. The zero-order valence-electron chi connectivity index (χ0n) is 26.9. The van der Waals surface area contributed by atoms with Crippen molar-refractivity contribution in [3.8, 4) is 0 Å². The predicted molar refractivity (Wildman–Crippen MR) is 173 cm³/mol. The molecule has 1 aromatic carbocycles. The third-order valence-electron chi connectivity index (χ3n) is 11.8. The average Bonchev–Trinajstić information content (AvgIpc) is 3.80. The number of ether oxygens (including phenoxy) is 3. The summed E-state index contributed by atoms with van der Waals surface area (Å²) < 4.78 is 17.6. The lowest BCUT2D eigenvalue weighted by Crippen LogP contribution is -2.58. The lowest BCUT2D eigenvalue weighted by atomic mass is 9.70. The molecule has 3 fully saturated rings. The zero-order valence-corrected chi connectivity index (χ0v) is 26.9. The van der Waals surface area contributed by atoms with Gasteiger partial charge in [-0.15, -0.1) is 0 Å². The van der Waals surface area contributed by atoms with Gasteiger partial charge >= 0.3 is 5.97 Å². The van der Waals surface area contributed by atoms with E-state index in [4.69, 9.17) is 14.2 Å². The van der Waals surface area contributed by atoms with Crippen molar-refractivity contribution in [1.29, 1.82) is 0 Å². The van der Waals surface area contributed by atoms with Gasteiger partial charge in [-0.05, 0) is 67.9 Å². The van der Waals surface area contributed by atoms with E-state index in [0.29, 0.717) is 17.6 Å². The van der Waals surface area contributed by atoms with Crippen molar-refractivity contribution in [2.45, 2.75) is 82.4 Å². The zero-order chi connectivity index (χ0) is 31.8. The number of fused-ring (bicyclic) bond motifs is 3. The monoisotopic (exact) mass is 631 g/mol. The van der Waals surface area contributed by atoms with Crippen molar-refractivity contribution < 1.29 is 34.3 Å². The van der Waals surface area contributed by atoms with Gasteiger partial charge in [-0.3, -0.25) is 4.90 Å². The molecule has 0 bridgehead atoms. The van der Waals surface area contributed by atoms with Crippen molar-refractivity contribution in [3.05, 3.63) is 82.7 Å². The first-order valence-electron chi connectivity index (χ1n) is 17.5. The minimum atomic E-state index is -0.662. The lowest BCUT2D eigenvalue weighted by molar-refractivity contribution is -0.134. The van der Waals surface area contributed by atoms with E-state index in [1.165, 1.54) is 38.4 Å². The fourth-order valence-electron chi connectivity index (χ4n) is 9.71. The minimum Gasteiger partial charge on any atom is -0.492 e. The number of cyclic esters (lactones) is 1. The standard InChI is InChI=1S/C38H49NO7/c1-44-35-29(22-41)38(43)46-37(35)36-28(21-40)33-30-18-24(17-23-9-3-2-4-10-23)19-31(39(30)16-8-15-32(33)45-36)34(42)27-14-7-13-26(20-27)25-11-5-6-12-25/h2-4,7,9-10,14-15,24-28,30-31,33-34,40-42H,5-6,8,11-13,16-22H2,1H3. The van der Waals surface area contributed by atoms with Crippen LogP contribution in [-0.4, -0.2) is 71.2 Å². The number of rotatable bonds is 8. The maximum absolute atomic E-state index is 12.6. The summed E-state index contributed by atoms with van der Waals surface area (Å²) in [6, 6.07) is 10.6. The van der Waals surface area contributed by atoms with E-state index in [1.54, 1.807) is 0 Å². The van der Waals surface area contributed by atoms with Gasteiger partial charge in [0.25, 0.3) is 0 Å². The molecule has 248 valence electrons. The molecular formula is C38H49NO7. The molecule has 1 saturated carbocycles. The first kappa shape index (κ1) is 31.7. The molecule has 4 aliphatic heterocycles. The number of benzene rings is 1. The van der Waals surface area contributed by atoms with E-state index in [0.717, 1.165) is 56.7 Å². The first-order valence-corrected chi connectivity index (χ1v) is 17.5. The van der Waals surface area contributed by atoms with E-state index >= 15 is 0 Å². The van der Waals surface area contributed by atoms with E-state index in [1.807, 2.05) is 0 Å². The second-order valence-corrected chi connectivity index (χ2v) is 14.3. The van der Waals surface area contributed by atoms with Gasteiger partial charge in [0.1, 0.15) is 11.3 Å². The van der Waals surface area contributed by atoms with E-state index in [-0.39, 0.29) is 47.6 Å². The highest BCUT2D eigenvalue weighted by molar-refractivity contribution is 5.94. The molecule has 3 N–H and O–H groups in total. The van der Waals surface area contributed by atoms with Crippen molar-refractivity contribution in [2.24, 2.45) is 35.5 Å².